The summed E-state index contributed by atoms with van der Waals surface area (Å²) in [5.41, 5.74) is 2.64. The fourth-order valence-corrected chi connectivity index (χ4v) is 3.12. The Morgan fingerprint density at radius 1 is 1.04 bits per heavy atom. The third kappa shape index (κ3) is 3.53. The molecule has 0 bridgehead atoms. The minimum absolute atomic E-state index is 0.000792. The maximum absolute atomic E-state index is 12.4. The molecule has 0 spiro atoms. The first-order chi connectivity index (χ1) is 12.7. The molecule has 130 valence electrons. The van der Waals surface area contributed by atoms with Gasteiger partial charge in [-0.2, -0.15) is 0 Å². The highest BCUT2D eigenvalue weighted by molar-refractivity contribution is 6.30. The van der Waals surface area contributed by atoms with E-state index in [1.165, 1.54) is 0 Å². The van der Waals surface area contributed by atoms with Crippen molar-refractivity contribution in [2.24, 2.45) is 5.92 Å². The zero-order chi connectivity index (χ0) is 17.9. The highest BCUT2D eigenvalue weighted by Gasteiger charge is 2.33. The summed E-state index contributed by atoms with van der Waals surface area (Å²) >= 11 is 5.95. The van der Waals surface area contributed by atoms with Crippen molar-refractivity contribution in [1.82, 2.24) is 9.97 Å². The Morgan fingerprint density at radius 2 is 1.85 bits per heavy atom. The Bertz CT molecular complexity index is 926. The maximum Gasteiger partial charge on any atom is 0.231 e. The molecule has 26 heavy (non-hydrogen) atoms. The van der Waals surface area contributed by atoms with Gasteiger partial charge in [0.25, 0.3) is 0 Å². The predicted molar refractivity (Wildman–Crippen MR) is 103 cm³/mol. The molecule has 0 unspecified atom stereocenters. The fourth-order valence-electron chi connectivity index (χ4n) is 2.93. The quantitative estimate of drug-likeness (QED) is 0.763. The van der Waals surface area contributed by atoms with Crippen LogP contribution in [0, 0.1) is 5.92 Å². The summed E-state index contributed by atoms with van der Waals surface area (Å²) in [6.07, 6.45) is 1.57. The van der Waals surface area contributed by atoms with E-state index in [1.54, 1.807) is 18.5 Å². The molecule has 4 rings (SSSR count). The van der Waals surface area contributed by atoms with Crippen molar-refractivity contribution < 1.29 is 4.79 Å². The van der Waals surface area contributed by atoms with Crippen LogP contribution < -0.4 is 10.2 Å². The first-order valence-electron chi connectivity index (χ1n) is 8.38. The zero-order valence-electron chi connectivity index (χ0n) is 14.0. The van der Waals surface area contributed by atoms with Gasteiger partial charge in [-0.1, -0.05) is 48.0 Å². The summed E-state index contributed by atoms with van der Waals surface area (Å²) in [5.74, 6) is 0.774. The lowest BCUT2D eigenvalue weighted by atomic mass is 9.99. The second-order valence-electron chi connectivity index (χ2n) is 6.23. The van der Waals surface area contributed by atoms with Crippen molar-refractivity contribution >= 4 is 29.0 Å². The topological polar surface area (TPSA) is 58.1 Å². The van der Waals surface area contributed by atoms with E-state index < -0.39 is 0 Å². The van der Waals surface area contributed by atoms with Crippen molar-refractivity contribution in [2.45, 2.75) is 0 Å². The minimum Gasteiger partial charge on any atom is -0.355 e. The highest BCUT2D eigenvalue weighted by Crippen LogP contribution is 2.27. The van der Waals surface area contributed by atoms with Gasteiger partial charge in [0.2, 0.25) is 5.91 Å². The molecule has 1 N–H and O–H groups in total. The van der Waals surface area contributed by atoms with E-state index in [2.05, 4.69) is 20.2 Å². The second-order valence-corrected chi connectivity index (χ2v) is 6.67. The molecular formula is C20H17ClN4O. The van der Waals surface area contributed by atoms with Crippen LogP contribution in [0.5, 0.6) is 0 Å². The van der Waals surface area contributed by atoms with E-state index in [-0.39, 0.29) is 11.8 Å². The van der Waals surface area contributed by atoms with Gasteiger partial charge >= 0.3 is 0 Å². The van der Waals surface area contributed by atoms with E-state index in [9.17, 15) is 4.79 Å². The van der Waals surface area contributed by atoms with Crippen LogP contribution >= 0.6 is 11.6 Å². The lowest BCUT2D eigenvalue weighted by Crippen LogP contribution is -2.52. The summed E-state index contributed by atoms with van der Waals surface area (Å²) < 4.78 is 0. The first-order valence-corrected chi connectivity index (χ1v) is 8.76. The lowest BCUT2D eigenvalue weighted by molar-refractivity contribution is -0.120. The smallest absolute Gasteiger partial charge is 0.231 e. The van der Waals surface area contributed by atoms with Crippen molar-refractivity contribution in [3.05, 3.63) is 72.0 Å². The third-order valence-electron chi connectivity index (χ3n) is 4.39. The number of hydrogen-bond acceptors (Lipinski definition) is 4. The normalized spacial score (nSPS) is 14.0. The van der Waals surface area contributed by atoms with Gasteiger partial charge in [-0.15, -0.1) is 0 Å². The van der Waals surface area contributed by atoms with Crippen LogP contribution in [0.25, 0.3) is 11.3 Å². The number of amides is 1. The molecule has 6 heteroatoms. The molecule has 1 aromatic heterocycles. The lowest BCUT2D eigenvalue weighted by Gasteiger charge is -2.39. The van der Waals surface area contributed by atoms with Gasteiger partial charge in [0.05, 0.1) is 11.6 Å². The largest absolute Gasteiger partial charge is 0.355 e. The second kappa shape index (κ2) is 7.14. The van der Waals surface area contributed by atoms with Crippen molar-refractivity contribution in [3.8, 4) is 11.3 Å². The van der Waals surface area contributed by atoms with Gasteiger partial charge in [0.1, 0.15) is 12.1 Å². The standard InChI is InChI=1S/C20H17ClN4O/c21-16-7-4-8-17(9-16)24-20(26)15-11-25(12-15)19-10-18(22-13-23-19)14-5-2-1-3-6-14/h1-10,13,15H,11-12H2,(H,24,26). The van der Waals surface area contributed by atoms with Gasteiger partial charge in [-0.05, 0) is 18.2 Å². The molecule has 2 heterocycles. The maximum atomic E-state index is 12.4. The Labute approximate surface area is 156 Å². The summed E-state index contributed by atoms with van der Waals surface area (Å²) in [7, 11) is 0. The minimum atomic E-state index is -0.0656. The molecule has 2 aromatic carbocycles. The van der Waals surface area contributed by atoms with Gasteiger partial charge in [0.15, 0.2) is 0 Å². The molecular weight excluding hydrogens is 348 g/mol. The molecule has 0 aliphatic carbocycles. The third-order valence-corrected chi connectivity index (χ3v) is 4.63. The van der Waals surface area contributed by atoms with Crippen LogP contribution in [-0.2, 0) is 4.79 Å². The van der Waals surface area contributed by atoms with E-state index in [0.717, 1.165) is 17.1 Å². The Kier molecular flexibility index (Phi) is 4.54. The SMILES string of the molecule is O=C(Nc1cccc(Cl)c1)C1CN(c2cc(-c3ccccc3)ncn2)C1. The van der Waals surface area contributed by atoms with Crippen LogP contribution in [0.3, 0.4) is 0 Å². The van der Waals surface area contributed by atoms with Gasteiger partial charge in [-0.25, -0.2) is 9.97 Å². The van der Waals surface area contributed by atoms with Crippen molar-refractivity contribution in [2.75, 3.05) is 23.3 Å². The Balaban J connectivity index is 1.39. The molecule has 3 aromatic rings. The summed E-state index contributed by atoms with van der Waals surface area (Å²) in [6, 6.07) is 19.1. The molecule has 5 nitrogen and oxygen atoms in total. The van der Waals surface area contributed by atoms with E-state index in [0.29, 0.717) is 23.8 Å². The molecule has 1 fully saturated rings. The monoisotopic (exact) mass is 364 g/mol. The van der Waals surface area contributed by atoms with Crippen LogP contribution in [0.15, 0.2) is 67.0 Å². The molecule has 1 aliphatic rings. The van der Waals surface area contributed by atoms with E-state index in [4.69, 9.17) is 11.6 Å². The Hall–Kier alpha value is -2.92. The summed E-state index contributed by atoms with van der Waals surface area (Å²) in [4.78, 5) is 23.1. The number of benzene rings is 2. The van der Waals surface area contributed by atoms with Gasteiger partial charge < -0.3 is 10.2 Å². The zero-order valence-corrected chi connectivity index (χ0v) is 14.7. The number of nitrogens with one attached hydrogen (secondary N) is 1. The molecule has 1 aliphatic heterocycles. The number of halogens is 1. The van der Waals surface area contributed by atoms with Gasteiger partial charge in [-0.3, -0.25) is 4.79 Å². The number of anilines is 2. The average Bonchev–Trinajstić information content (AvgIpc) is 2.61. The van der Waals surface area contributed by atoms with Gasteiger partial charge in [0, 0.05) is 35.4 Å². The summed E-state index contributed by atoms with van der Waals surface area (Å²) in [5, 5.41) is 3.52. The van der Waals surface area contributed by atoms with Crippen LogP contribution in [0.1, 0.15) is 0 Å². The van der Waals surface area contributed by atoms with E-state index in [1.807, 2.05) is 48.5 Å². The van der Waals surface area contributed by atoms with E-state index >= 15 is 0 Å². The fraction of sp³-hybridized carbons (Fsp3) is 0.150. The van der Waals surface area contributed by atoms with Crippen molar-refractivity contribution in [3.63, 3.8) is 0 Å². The van der Waals surface area contributed by atoms with Crippen LogP contribution in [0.2, 0.25) is 5.02 Å². The molecule has 0 atom stereocenters. The van der Waals surface area contributed by atoms with Crippen molar-refractivity contribution in [1.29, 1.82) is 0 Å². The first kappa shape index (κ1) is 16.5. The number of rotatable bonds is 4. The molecule has 0 saturated carbocycles. The predicted octanol–water partition coefficient (Wildman–Crippen LogP) is 3.87. The molecule has 0 radical (unpaired) electrons. The number of hydrogen-bond donors (Lipinski definition) is 1. The number of carbonyl (C=O) groups excluding carboxylic acids is 1. The number of aromatic nitrogens is 2. The van der Waals surface area contributed by atoms with Crippen LogP contribution in [0.4, 0.5) is 11.5 Å². The number of nitrogens with zero attached hydrogens (tertiary/aromatic N) is 3. The van der Waals surface area contributed by atoms with Crippen LogP contribution in [-0.4, -0.2) is 29.0 Å². The Morgan fingerprint density at radius 3 is 2.62 bits per heavy atom. The number of carbonyl (C=O) groups is 1. The summed E-state index contributed by atoms with van der Waals surface area (Å²) in [6.45, 7) is 1.27. The highest BCUT2D eigenvalue weighted by atomic mass is 35.5. The molecule has 1 amide bonds. The average molecular weight is 365 g/mol. The molecule has 1 saturated heterocycles.